The Morgan fingerprint density at radius 2 is 1.73 bits per heavy atom. The first kappa shape index (κ1) is 16.7. The SMILES string of the molecule is CN(C)C1C=CC(C(=O)S(C)(C)C(=O)c2ccccc2)=CC1. The molecule has 0 spiro atoms. The molecule has 0 radical (unpaired) electrons. The third-order valence-electron chi connectivity index (χ3n) is 3.91. The van der Waals surface area contributed by atoms with Gasteiger partial charge in [0.15, 0.2) is 0 Å². The Bertz CT molecular complexity index is 630. The van der Waals surface area contributed by atoms with E-state index in [1.54, 1.807) is 24.6 Å². The van der Waals surface area contributed by atoms with Crippen molar-refractivity contribution in [2.24, 2.45) is 0 Å². The number of nitrogens with zero attached hydrogens (tertiary/aromatic N) is 1. The second-order valence-corrected chi connectivity index (χ2v) is 9.45. The van der Waals surface area contributed by atoms with E-state index in [2.05, 4.69) is 4.90 Å². The minimum absolute atomic E-state index is 0.0326. The molecular formula is C18H23NO2S. The minimum atomic E-state index is -2.04. The highest BCUT2D eigenvalue weighted by Gasteiger charge is 2.33. The molecule has 1 aliphatic carbocycles. The number of allylic oxidation sites excluding steroid dienone is 1. The molecular weight excluding hydrogens is 294 g/mol. The van der Waals surface area contributed by atoms with Crippen LogP contribution in [0.1, 0.15) is 16.8 Å². The van der Waals surface area contributed by atoms with Crippen LogP contribution in [0.5, 0.6) is 0 Å². The molecule has 0 heterocycles. The van der Waals surface area contributed by atoms with E-state index in [0.29, 0.717) is 17.2 Å². The van der Waals surface area contributed by atoms with Gasteiger partial charge in [-0.25, -0.2) is 0 Å². The van der Waals surface area contributed by atoms with Crippen molar-refractivity contribution < 1.29 is 9.59 Å². The number of hydrogen-bond donors (Lipinski definition) is 0. The van der Waals surface area contributed by atoms with Gasteiger partial charge in [0, 0.05) is 17.2 Å². The molecule has 0 bridgehead atoms. The van der Waals surface area contributed by atoms with Gasteiger partial charge in [0.25, 0.3) is 0 Å². The van der Waals surface area contributed by atoms with E-state index in [1.807, 2.05) is 50.5 Å². The second-order valence-electron chi connectivity index (χ2n) is 6.05. The zero-order valence-electron chi connectivity index (χ0n) is 13.6. The fourth-order valence-electron chi connectivity index (χ4n) is 2.39. The zero-order chi connectivity index (χ0) is 16.3. The summed E-state index contributed by atoms with van der Waals surface area (Å²) >= 11 is 0. The summed E-state index contributed by atoms with van der Waals surface area (Å²) in [5.41, 5.74) is 1.28. The lowest BCUT2D eigenvalue weighted by molar-refractivity contribution is -0.107. The molecule has 0 aromatic heterocycles. The molecule has 3 nitrogen and oxygen atoms in total. The molecule has 0 fully saturated rings. The summed E-state index contributed by atoms with van der Waals surface area (Å²) in [6.45, 7) is 0. The van der Waals surface area contributed by atoms with E-state index in [0.717, 1.165) is 6.42 Å². The van der Waals surface area contributed by atoms with Gasteiger partial charge in [0.05, 0.1) is 0 Å². The van der Waals surface area contributed by atoms with Crippen LogP contribution in [0.3, 0.4) is 0 Å². The molecule has 0 aliphatic heterocycles. The molecule has 0 N–H and O–H groups in total. The number of hydrogen-bond acceptors (Lipinski definition) is 3. The fourth-order valence-corrected chi connectivity index (χ4v) is 4.03. The third-order valence-corrected chi connectivity index (χ3v) is 6.24. The molecule has 118 valence electrons. The predicted molar refractivity (Wildman–Crippen MR) is 94.5 cm³/mol. The summed E-state index contributed by atoms with van der Waals surface area (Å²) in [5, 5.41) is -0.0862. The van der Waals surface area contributed by atoms with Gasteiger partial charge in [0.2, 0.25) is 10.2 Å². The van der Waals surface area contributed by atoms with E-state index in [9.17, 15) is 9.59 Å². The molecule has 0 saturated heterocycles. The van der Waals surface area contributed by atoms with Crippen molar-refractivity contribution in [1.82, 2.24) is 4.90 Å². The Morgan fingerprint density at radius 3 is 2.23 bits per heavy atom. The lowest BCUT2D eigenvalue weighted by atomic mass is 10.0. The van der Waals surface area contributed by atoms with Crippen LogP contribution >= 0.6 is 10.0 Å². The van der Waals surface area contributed by atoms with Crippen LogP contribution in [-0.2, 0) is 4.79 Å². The van der Waals surface area contributed by atoms with E-state index >= 15 is 0 Å². The summed E-state index contributed by atoms with van der Waals surface area (Å²) in [5.74, 6) is 0. The van der Waals surface area contributed by atoms with Gasteiger partial charge in [-0.3, -0.25) is 9.59 Å². The van der Waals surface area contributed by atoms with Crippen molar-refractivity contribution in [1.29, 1.82) is 0 Å². The molecule has 1 atom stereocenters. The summed E-state index contributed by atoms with van der Waals surface area (Å²) in [6, 6.07) is 9.40. The molecule has 0 saturated carbocycles. The molecule has 4 heteroatoms. The first-order valence-corrected chi connectivity index (χ1v) is 9.71. The van der Waals surface area contributed by atoms with Gasteiger partial charge in [-0.05, 0) is 33.0 Å². The number of carbonyl (C=O) groups is 2. The first-order chi connectivity index (χ1) is 10.3. The molecule has 1 aromatic carbocycles. The smallest absolute Gasteiger partial charge is 0.208 e. The number of likely N-dealkylation sites (N-methyl/N-ethyl adjacent to an activating group) is 1. The van der Waals surface area contributed by atoms with Gasteiger partial charge in [-0.15, -0.1) is 10.0 Å². The Morgan fingerprint density at radius 1 is 1.09 bits per heavy atom. The highest BCUT2D eigenvalue weighted by molar-refractivity contribution is 8.55. The Kier molecular flexibility index (Phi) is 5.04. The monoisotopic (exact) mass is 317 g/mol. The van der Waals surface area contributed by atoms with E-state index in [1.165, 1.54) is 0 Å². The highest BCUT2D eigenvalue weighted by Crippen LogP contribution is 2.47. The zero-order valence-corrected chi connectivity index (χ0v) is 14.4. The summed E-state index contributed by atoms with van der Waals surface area (Å²) in [7, 11) is 1.99. The maximum absolute atomic E-state index is 12.8. The van der Waals surface area contributed by atoms with Gasteiger partial charge in [0.1, 0.15) is 0 Å². The molecule has 1 aromatic rings. The van der Waals surface area contributed by atoms with Crippen LogP contribution in [0.15, 0.2) is 54.1 Å². The maximum atomic E-state index is 12.8. The lowest BCUT2D eigenvalue weighted by Crippen LogP contribution is -2.28. The van der Waals surface area contributed by atoms with Crippen LogP contribution in [0.2, 0.25) is 0 Å². The average Bonchev–Trinajstić information content (AvgIpc) is 2.54. The molecule has 22 heavy (non-hydrogen) atoms. The van der Waals surface area contributed by atoms with Crippen molar-refractivity contribution in [3.63, 3.8) is 0 Å². The van der Waals surface area contributed by atoms with Gasteiger partial charge in [-0.1, -0.05) is 48.6 Å². The second kappa shape index (κ2) is 6.63. The standard InChI is InChI=1S/C18H23NO2S/c1-19(2)16-12-10-15(11-13-16)18(21)22(3,4)17(20)14-8-6-5-7-9-14/h5-12,16H,13H2,1-4H3. The lowest BCUT2D eigenvalue weighted by Gasteiger charge is -2.29. The summed E-state index contributed by atoms with van der Waals surface area (Å²) in [4.78, 5) is 27.6. The van der Waals surface area contributed by atoms with Gasteiger partial charge >= 0.3 is 0 Å². The third kappa shape index (κ3) is 3.39. The minimum Gasteiger partial charge on any atom is -0.303 e. The Hall–Kier alpha value is -1.65. The highest BCUT2D eigenvalue weighted by atomic mass is 32.3. The van der Waals surface area contributed by atoms with E-state index < -0.39 is 10.0 Å². The quantitative estimate of drug-likeness (QED) is 0.859. The van der Waals surface area contributed by atoms with Crippen molar-refractivity contribution >= 4 is 20.3 Å². The number of benzene rings is 1. The number of rotatable bonds is 3. The largest absolute Gasteiger partial charge is 0.303 e. The van der Waals surface area contributed by atoms with Crippen LogP contribution in [0, 0.1) is 0 Å². The summed E-state index contributed by atoms with van der Waals surface area (Å²) < 4.78 is 0. The van der Waals surface area contributed by atoms with Crippen molar-refractivity contribution in [2.75, 3.05) is 26.6 Å². The molecule has 1 unspecified atom stereocenters. The normalized spacial score (nSPS) is 19.0. The van der Waals surface area contributed by atoms with Crippen molar-refractivity contribution in [3.05, 3.63) is 59.7 Å². The van der Waals surface area contributed by atoms with Crippen LogP contribution in [0.4, 0.5) is 0 Å². The topological polar surface area (TPSA) is 37.4 Å². The van der Waals surface area contributed by atoms with E-state index in [4.69, 9.17) is 0 Å². The summed E-state index contributed by atoms with van der Waals surface area (Å²) in [6.07, 6.45) is 10.2. The Labute approximate surface area is 134 Å². The van der Waals surface area contributed by atoms with Gasteiger partial charge < -0.3 is 4.90 Å². The Balaban J connectivity index is 2.19. The van der Waals surface area contributed by atoms with Crippen LogP contribution in [-0.4, -0.2) is 47.8 Å². The van der Waals surface area contributed by atoms with Crippen LogP contribution in [0.25, 0.3) is 0 Å². The number of carbonyl (C=O) groups excluding carboxylic acids is 2. The average molecular weight is 317 g/mol. The molecule has 2 rings (SSSR count). The van der Waals surface area contributed by atoms with Crippen LogP contribution < -0.4 is 0 Å². The van der Waals surface area contributed by atoms with E-state index in [-0.39, 0.29) is 10.2 Å². The van der Waals surface area contributed by atoms with Gasteiger partial charge in [-0.2, -0.15) is 0 Å². The molecule has 1 aliphatic rings. The first-order valence-electron chi connectivity index (χ1n) is 7.26. The maximum Gasteiger partial charge on any atom is 0.208 e. The van der Waals surface area contributed by atoms with Crippen molar-refractivity contribution in [3.8, 4) is 0 Å². The molecule has 0 amide bonds. The fraction of sp³-hybridized carbons (Fsp3) is 0.333. The van der Waals surface area contributed by atoms with Crippen molar-refractivity contribution in [2.45, 2.75) is 12.5 Å². The predicted octanol–water partition coefficient (Wildman–Crippen LogP) is 3.23.